The van der Waals surface area contributed by atoms with Crippen LogP contribution in [0, 0.1) is 11.3 Å². The molecule has 0 saturated heterocycles. The summed E-state index contributed by atoms with van der Waals surface area (Å²) in [6.07, 6.45) is 1.38. The number of hydrogen-bond acceptors (Lipinski definition) is 4. The van der Waals surface area contributed by atoms with E-state index >= 15 is 0 Å². The molecule has 0 fully saturated rings. The lowest BCUT2D eigenvalue weighted by molar-refractivity contribution is -0.123. The molecule has 2 aromatic rings. The summed E-state index contributed by atoms with van der Waals surface area (Å²) >= 11 is 11.9. The number of nitrogens with zero attached hydrogens (tertiary/aromatic N) is 2. The summed E-state index contributed by atoms with van der Waals surface area (Å²) < 4.78 is 5.28. The number of nitrogens with one attached hydrogen (secondary N) is 1. The summed E-state index contributed by atoms with van der Waals surface area (Å²) in [4.78, 5) is 11.7. The molecule has 2 rings (SSSR count). The number of carbonyl (C=O) groups is 1. The second-order valence-electron chi connectivity index (χ2n) is 4.33. The van der Waals surface area contributed by atoms with Crippen molar-refractivity contribution in [2.24, 2.45) is 5.10 Å². The zero-order valence-electron chi connectivity index (χ0n) is 11.8. The SMILES string of the molecule is N#Cc1ccccc1OCC(=O)N/N=C\c1cccc(Cl)c1Cl. The number of amides is 1. The van der Waals surface area contributed by atoms with Crippen LogP contribution in [0.4, 0.5) is 0 Å². The third-order valence-electron chi connectivity index (χ3n) is 2.74. The zero-order chi connectivity index (χ0) is 16.7. The van der Waals surface area contributed by atoms with Crippen LogP contribution in [0.1, 0.15) is 11.1 Å². The molecule has 2 aromatic carbocycles. The molecule has 0 aliphatic heterocycles. The van der Waals surface area contributed by atoms with E-state index < -0.39 is 5.91 Å². The number of halogens is 2. The van der Waals surface area contributed by atoms with Gasteiger partial charge in [0.15, 0.2) is 6.61 Å². The predicted octanol–water partition coefficient (Wildman–Crippen LogP) is 3.39. The first-order chi connectivity index (χ1) is 11.1. The van der Waals surface area contributed by atoms with Crippen molar-refractivity contribution in [2.45, 2.75) is 0 Å². The first-order valence-electron chi connectivity index (χ1n) is 6.49. The number of para-hydroxylation sites is 1. The molecular formula is C16H11Cl2N3O2. The summed E-state index contributed by atoms with van der Waals surface area (Å²) in [7, 11) is 0. The molecule has 116 valence electrons. The summed E-state index contributed by atoms with van der Waals surface area (Å²) in [5.41, 5.74) is 3.24. The highest BCUT2D eigenvalue weighted by Crippen LogP contribution is 2.24. The fourth-order valence-electron chi connectivity index (χ4n) is 1.65. The van der Waals surface area contributed by atoms with E-state index in [-0.39, 0.29) is 6.61 Å². The fraction of sp³-hybridized carbons (Fsp3) is 0.0625. The molecule has 0 aliphatic rings. The highest BCUT2D eigenvalue weighted by molar-refractivity contribution is 6.43. The molecule has 0 atom stereocenters. The van der Waals surface area contributed by atoms with E-state index in [1.54, 1.807) is 42.5 Å². The van der Waals surface area contributed by atoms with Crippen molar-refractivity contribution in [3.05, 3.63) is 63.6 Å². The third kappa shape index (κ3) is 4.71. The Bertz CT molecular complexity index is 785. The van der Waals surface area contributed by atoms with E-state index in [1.165, 1.54) is 6.21 Å². The number of carbonyl (C=O) groups excluding carboxylic acids is 1. The van der Waals surface area contributed by atoms with Crippen LogP contribution in [0.2, 0.25) is 10.0 Å². The van der Waals surface area contributed by atoms with Gasteiger partial charge in [0.25, 0.3) is 5.91 Å². The van der Waals surface area contributed by atoms with Crippen molar-refractivity contribution in [2.75, 3.05) is 6.61 Å². The Morgan fingerprint density at radius 1 is 1.26 bits per heavy atom. The summed E-state index contributed by atoms with van der Waals surface area (Å²) in [5, 5.41) is 13.5. The maximum absolute atomic E-state index is 11.7. The third-order valence-corrected chi connectivity index (χ3v) is 3.57. The summed E-state index contributed by atoms with van der Waals surface area (Å²) in [6.45, 7) is -0.265. The van der Waals surface area contributed by atoms with E-state index in [2.05, 4.69) is 10.5 Å². The van der Waals surface area contributed by atoms with Crippen LogP contribution in [-0.2, 0) is 4.79 Å². The maximum Gasteiger partial charge on any atom is 0.277 e. The van der Waals surface area contributed by atoms with Crippen LogP contribution in [0.5, 0.6) is 5.75 Å². The molecule has 0 saturated carbocycles. The van der Waals surface area contributed by atoms with Gasteiger partial charge < -0.3 is 4.74 Å². The highest BCUT2D eigenvalue weighted by atomic mass is 35.5. The van der Waals surface area contributed by atoms with Crippen LogP contribution in [0.25, 0.3) is 0 Å². The minimum atomic E-state index is -0.466. The Labute approximate surface area is 143 Å². The van der Waals surface area contributed by atoms with Crippen molar-refractivity contribution >= 4 is 35.3 Å². The molecule has 0 spiro atoms. The van der Waals surface area contributed by atoms with Crippen LogP contribution in [0.3, 0.4) is 0 Å². The Balaban J connectivity index is 1.89. The first kappa shape index (κ1) is 16.8. The molecule has 1 amide bonds. The van der Waals surface area contributed by atoms with Gasteiger partial charge in [-0.15, -0.1) is 0 Å². The molecule has 23 heavy (non-hydrogen) atoms. The van der Waals surface area contributed by atoms with Gasteiger partial charge in [0.1, 0.15) is 11.8 Å². The Morgan fingerprint density at radius 3 is 2.83 bits per heavy atom. The lowest BCUT2D eigenvalue weighted by Crippen LogP contribution is -2.24. The average molecular weight is 348 g/mol. The van der Waals surface area contributed by atoms with Gasteiger partial charge in [-0.1, -0.05) is 47.5 Å². The highest BCUT2D eigenvalue weighted by Gasteiger charge is 2.06. The lowest BCUT2D eigenvalue weighted by Gasteiger charge is -2.06. The molecule has 0 aromatic heterocycles. The molecular weight excluding hydrogens is 337 g/mol. The van der Waals surface area contributed by atoms with Crippen molar-refractivity contribution < 1.29 is 9.53 Å². The maximum atomic E-state index is 11.7. The van der Waals surface area contributed by atoms with Gasteiger partial charge in [0.05, 0.1) is 21.8 Å². The second-order valence-corrected chi connectivity index (χ2v) is 5.12. The smallest absolute Gasteiger partial charge is 0.277 e. The minimum absolute atomic E-state index is 0.265. The minimum Gasteiger partial charge on any atom is -0.482 e. The molecule has 5 nitrogen and oxygen atoms in total. The van der Waals surface area contributed by atoms with Crippen LogP contribution >= 0.6 is 23.2 Å². The lowest BCUT2D eigenvalue weighted by atomic mass is 10.2. The molecule has 0 aliphatic carbocycles. The van der Waals surface area contributed by atoms with Gasteiger partial charge in [0.2, 0.25) is 0 Å². The molecule has 0 unspecified atom stereocenters. The Hall–Kier alpha value is -2.55. The van der Waals surface area contributed by atoms with E-state index in [0.29, 0.717) is 26.9 Å². The topological polar surface area (TPSA) is 74.5 Å². The zero-order valence-corrected chi connectivity index (χ0v) is 13.3. The van der Waals surface area contributed by atoms with Gasteiger partial charge in [-0.25, -0.2) is 5.43 Å². The van der Waals surface area contributed by atoms with Crippen LogP contribution in [-0.4, -0.2) is 18.7 Å². The van der Waals surface area contributed by atoms with Crippen molar-refractivity contribution in [3.63, 3.8) is 0 Å². The molecule has 0 bridgehead atoms. The van der Waals surface area contributed by atoms with Gasteiger partial charge in [0, 0.05) is 5.56 Å². The monoisotopic (exact) mass is 347 g/mol. The standard InChI is InChI=1S/C16H11Cl2N3O2/c17-13-6-3-5-12(16(13)18)9-20-21-15(22)10-23-14-7-2-1-4-11(14)8-19/h1-7,9H,10H2,(H,21,22)/b20-9-. The van der Waals surface area contributed by atoms with Crippen molar-refractivity contribution in [1.82, 2.24) is 5.43 Å². The van der Waals surface area contributed by atoms with Crippen molar-refractivity contribution in [3.8, 4) is 11.8 Å². The number of hydrazone groups is 1. The quantitative estimate of drug-likeness (QED) is 0.665. The number of ether oxygens (including phenoxy) is 1. The van der Waals surface area contributed by atoms with Crippen LogP contribution < -0.4 is 10.2 Å². The van der Waals surface area contributed by atoms with E-state index in [0.717, 1.165) is 0 Å². The van der Waals surface area contributed by atoms with Gasteiger partial charge in [-0.2, -0.15) is 10.4 Å². The second kappa shape index (κ2) is 8.18. The van der Waals surface area contributed by atoms with E-state index in [4.69, 9.17) is 33.2 Å². The number of hydrogen-bond donors (Lipinski definition) is 1. The van der Waals surface area contributed by atoms with Gasteiger partial charge in [-0.05, 0) is 18.2 Å². The van der Waals surface area contributed by atoms with Crippen LogP contribution in [0.15, 0.2) is 47.6 Å². The van der Waals surface area contributed by atoms with E-state index in [9.17, 15) is 4.79 Å². The molecule has 0 radical (unpaired) electrons. The van der Waals surface area contributed by atoms with Crippen molar-refractivity contribution in [1.29, 1.82) is 5.26 Å². The summed E-state index contributed by atoms with van der Waals surface area (Å²) in [6, 6.07) is 13.7. The Morgan fingerprint density at radius 2 is 2.04 bits per heavy atom. The predicted molar refractivity (Wildman–Crippen MR) is 88.9 cm³/mol. The average Bonchev–Trinajstić information content (AvgIpc) is 2.57. The molecule has 1 N–H and O–H groups in total. The molecule has 7 heteroatoms. The normalized spacial score (nSPS) is 10.3. The fourth-order valence-corrected chi connectivity index (χ4v) is 2.01. The number of nitriles is 1. The molecule has 0 heterocycles. The summed E-state index contributed by atoms with van der Waals surface area (Å²) in [5.74, 6) is -0.126. The number of rotatable bonds is 5. The Kier molecular flexibility index (Phi) is 5.98. The van der Waals surface area contributed by atoms with Gasteiger partial charge >= 0.3 is 0 Å². The largest absolute Gasteiger partial charge is 0.482 e. The number of benzene rings is 2. The van der Waals surface area contributed by atoms with E-state index in [1.807, 2.05) is 6.07 Å². The van der Waals surface area contributed by atoms with Gasteiger partial charge in [-0.3, -0.25) is 4.79 Å². The first-order valence-corrected chi connectivity index (χ1v) is 7.25.